The molecular weight excluding hydrogens is 228 g/mol. The summed E-state index contributed by atoms with van der Waals surface area (Å²) < 4.78 is 0. The van der Waals surface area contributed by atoms with Crippen LogP contribution < -0.4 is 0 Å². The first-order valence-corrected chi connectivity index (χ1v) is 7.00. The molecule has 1 unspecified atom stereocenters. The van der Waals surface area contributed by atoms with Gasteiger partial charge in [0.15, 0.2) is 0 Å². The highest BCUT2D eigenvalue weighted by atomic mass is 14.1. The van der Waals surface area contributed by atoms with Crippen molar-refractivity contribution in [3.05, 3.63) is 77.4 Å². The van der Waals surface area contributed by atoms with E-state index < -0.39 is 0 Å². The van der Waals surface area contributed by atoms with E-state index in [1.807, 2.05) is 0 Å². The molecule has 2 rings (SSSR count). The SMILES string of the molecule is CC(C)c1ccc(C=CC(C)c2ccccc2)cc1. The maximum atomic E-state index is 2.26. The Morgan fingerprint density at radius 1 is 0.737 bits per heavy atom. The molecule has 0 aliphatic heterocycles. The number of hydrogen-bond acceptors (Lipinski definition) is 0. The normalized spacial score (nSPS) is 13.1. The van der Waals surface area contributed by atoms with Crippen LogP contribution in [0.2, 0.25) is 0 Å². The molecule has 0 spiro atoms. The smallest absolute Gasteiger partial charge is 0.000711 e. The molecule has 0 fully saturated rings. The van der Waals surface area contributed by atoms with Gasteiger partial charge in [-0.3, -0.25) is 0 Å². The summed E-state index contributed by atoms with van der Waals surface area (Å²) >= 11 is 0. The zero-order chi connectivity index (χ0) is 13.7. The average Bonchev–Trinajstić information content (AvgIpc) is 2.46. The average molecular weight is 250 g/mol. The molecule has 0 saturated heterocycles. The standard InChI is InChI=1S/C19H22/c1-15(2)18-13-11-17(12-14-18)10-9-16(3)19-7-5-4-6-8-19/h4-16H,1-3H3. The maximum absolute atomic E-state index is 2.26. The molecule has 0 aliphatic carbocycles. The summed E-state index contributed by atoms with van der Waals surface area (Å²) in [7, 11) is 0. The minimum atomic E-state index is 0.450. The van der Waals surface area contributed by atoms with Crippen LogP contribution in [0.25, 0.3) is 6.08 Å². The molecule has 2 aromatic rings. The van der Waals surface area contributed by atoms with Crippen molar-refractivity contribution < 1.29 is 0 Å². The minimum Gasteiger partial charge on any atom is -0.0767 e. The van der Waals surface area contributed by atoms with E-state index in [0.717, 1.165) is 0 Å². The Morgan fingerprint density at radius 3 is 1.95 bits per heavy atom. The fourth-order valence-electron chi connectivity index (χ4n) is 2.12. The lowest BCUT2D eigenvalue weighted by Gasteiger charge is -2.07. The van der Waals surface area contributed by atoms with Gasteiger partial charge in [-0.25, -0.2) is 0 Å². The molecule has 0 bridgehead atoms. The van der Waals surface area contributed by atoms with Gasteiger partial charge in [0, 0.05) is 0 Å². The highest BCUT2D eigenvalue weighted by Gasteiger charge is 2.00. The van der Waals surface area contributed by atoms with Gasteiger partial charge in [0.2, 0.25) is 0 Å². The quantitative estimate of drug-likeness (QED) is 0.660. The maximum Gasteiger partial charge on any atom is -0.000711 e. The van der Waals surface area contributed by atoms with Crippen LogP contribution in [0.4, 0.5) is 0 Å². The van der Waals surface area contributed by atoms with Crippen molar-refractivity contribution in [2.24, 2.45) is 0 Å². The predicted octanol–water partition coefficient (Wildman–Crippen LogP) is 5.63. The van der Waals surface area contributed by atoms with E-state index in [2.05, 4.69) is 87.5 Å². The number of rotatable bonds is 4. The Labute approximate surface area is 116 Å². The Bertz CT molecular complexity index is 518. The van der Waals surface area contributed by atoms with Crippen molar-refractivity contribution in [3.8, 4) is 0 Å². The molecule has 0 aliphatic rings. The molecule has 0 heterocycles. The summed E-state index contributed by atoms with van der Waals surface area (Å²) in [5.74, 6) is 1.05. The molecule has 0 aromatic heterocycles. The Hall–Kier alpha value is -1.82. The van der Waals surface area contributed by atoms with Gasteiger partial charge in [-0.15, -0.1) is 0 Å². The van der Waals surface area contributed by atoms with Crippen molar-refractivity contribution in [2.45, 2.75) is 32.6 Å². The van der Waals surface area contributed by atoms with E-state index in [0.29, 0.717) is 11.8 Å². The summed E-state index contributed by atoms with van der Waals surface area (Å²) in [5.41, 5.74) is 4.03. The Kier molecular flexibility index (Phi) is 4.57. The summed E-state index contributed by atoms with van der Waals surface area (Å²) in [4.78, 5) is 0. The first-order chi connectivity index (χ1) is 9.16. The van der Waals surface area contributed by atoms with Gasteiger partial charge in [0.05, 0.1) is 0 Å². The molecule has 0 nitrogen and oxygen atoms in total. The van der Waals surface area contributed by atoms with E-state index in [9.17, 15) is 0 Å². The molecule has 98 valence electrons. The Morgan fingerprint density at radius 2 is 1.37 bits per heavy atom. The van der Waals surface area contributed by atoms with Gasteiger partial charge in [-0.05, 0) is 28.5 Å². The fraction of sp³-hybridized carbons (Fsp3) is 0.263. The summed E-state index contributed by atoms with van der Waals surface area (Å²) in [6.07, 6.45) is 4.47. The third-order valence-electron chi connectivity index (χ3n) is 3.51. The van der Waals surface area contributed by atoms with Crippen molar-refractivity contribution in [2.75, 3.05) is 0 Å². The van der Waals surface area contributed by atoms with Crippen LogP contribution in [0.15, 0.2) is 60.7 Å². The second-order valence-electron chi connectivity index (χ2n) is 5.38. The number of hydrogen-bond donors (Lipinski definition) is 0. The van der Waals surface area contributed by atoms with Crippen LogP contribution in [-0.4, -0.2) is 0 Å². The fourth-order valence-corrected chi connectivity index (χ4v) is 2.12. The third kappa shape index (κ3) is 3.82. The van der Waals surface area contributed by atoms with Crippen molar-refractivity contribution in [3.63, 3.8) is 0 Å². The van der Waals surface area contributed by atoms with Gasteiger partial charge in [-0.1, -0.05) is 87.5 Å². The van der Waals surface area contributed by atoms with E-state index in [-0.39, 0.29) is 0 Å². The zero-order valence-electron chi connectivity index (χ0n) is 12.0. The lowest BCUT2D eigenvalue weighted by molar-refractivity contribution is 0.866. The lowest BCUT2D eigenvalue weighted by atomic mass is 9.98. The second kappa shape index (κ2) is 6.38. The van der Waals surface area contributed by atoms with Crippen LogP contribution in [0.3, 0.4) is 0 Å². The summed E-state index contributed by atoms with van der Waals surface area (Å²) in [5, 5.41) is 0. The molecule has 19 heavy (non-hydrogen) atoms. The van der Waals surface area contributed by atoms with Crippen molar-refractivity contribution in [1.82, 2.24) is 0 Å². The molecule has 1 atom stereocenters. The van der Waals surface area contributed by atoms with Crippen LogP contribution >= 0.6 is 0 Å². The minimum absolute atomic E-state index is 0.450. The van der Waals surface area contributed by atoms with Gasteiger partial charge in [0.25, 0.3) is 0 Å². The van der Waals surface area contributed by atoms with E-state index in [1.165, 1.54) is 16.7 Å². The Balaban J connectivity index is 2.06. The van der Waals surface area contributed by atoms with E-state index >= 15 is 0 Å². The molecule has 0 amide bonds. The first-order valence-electron chi connectivity index (χ1n) is 7.00. The molecule has 2 aromatic carbocycles. The summed E-state index contributed by atoms with van der Waals surface area (Å²) in [6, 6.07) is 19.4. The van der Waals surface area contributed by atoms with Gasteiger partial charge >= 0.3 is 0 Å². The number of benzene rings is 2. The van der Waals surface area contributed by atoms with Crippen LogP contribution in [0.1, 0.15) is 49.3 Å². The molecule has 0 radical (unpaired) electrons. The monoisotopic (exact) mass is 250 g/mol. The third-order valence-corrected chi connectivity index (χ3v) is 3.51. The van der Waals surface area contributed by atoms with E-state index in [1.54, 1.807) is 0 Å². The highest BCUT2D eigenvalue weighted by molar-refractivity contribution is 5.51. The topological polar surface area (TPSA) is 0 Å². The van der Waals surface area contributed by atoms with Gasteiger partial charge in [0.1, 0.15) is 0 Å². The molecular formula is C19H22. The lowest BCUT2D eigenvalue weighted by Crippen LogP contribution is -1.88. The zero-order valence-corrected chi connectivity index (χ0v) is 12.0. The van der Waals surface area contributed by atoms with E-state index in [4.69, 9.17) is 0 Å². The molecule has 0 heteroatoms. The van der Waals surface area contributed by atoms with Crippen molar-refractivity contribution in [1.29, 1.82) is 0 Å². The van der Waals surface area contributed by atoms with Gasteiger partial charge < -0.3 is 0 Å². The van der Waals surface area contributed by atoms with Crippen molar-refractivity contribution >= 4 is 6.08 Å². The largest absolute Gasteiger partial charge is 0.0767 e. The number of allylic oxidation sites excluding steroid dienone is 1. The first kappa shape index (κ1) is 13.6. The van der Waals surface area contributed by atoms with Crippen LogP contribution in [0.5, 0.6) is 0 Å². The second-order valence-corrected chi connectivity index (χ2v) is 5.38. The highest BCUT2D eigenvalue weighted by Crippen LogP contribution is 2.19. The summed E-state index contributed by atoms with van der Waals surface area (Å²) in [6.45, 7) is 6.68. The molecule has 0 N–H and O–H groups in total. The van der Waals surface area contributed by atoms with Crippen LogP contribution in [0, 0.1) is 0 Å². The predicted molar refractivity (Wildman–Crippen MR) is 84.4 cm³/mol. The van der Waals surface area contributed by atoms with Gasteiger partial charge in [-0.2, -0.15) is 0 Å². The molecule has 0 saturated carbocycles. The van der Waals surface area contributed by atoms with Crippen LogP contribution in [-0.2, 0) is 0 Å².